The molecule has 1 aromatic rings. The lowest BCUT2D eigenvalue weighted by Crippen LogP contribution is -2.13. The van der Waals surface area contributed by atoms with Crippen LogP contribution in [0.25, 0.3) is 0 Å². The van der Waals surface area contributed by atoms with Crippen LogP contribution >= 0.6 is 0 Å². The summed E-state index contributed by atoms with van der Waals surface area (Å²) in [5.74, 6) is -0.921. The number of nitro groups is 1. The predicted octanol–water partition coefficient (Wildman–Crippen LogP) is 2.51. The number of carbonyl (C=O) groups excluding carboxylic acids is 2. The molecule has 1 rings (SSSR count). The third-order valence-electron chi connectivity index (χ3n) is 2.32. The predicted molar refractivity (Wildman–Crippen MR) is 67.9 cm³/mol. The van der Waals surface area contributed by atoms with E-state index in [2.05, 4.69) is 0 Å². The van der Waals surface area contributed by atoms with E-state index in [0.29, 0.717) is 0 Å². The summed E-state index contributed by atoms with van der Waals surface area (Å²) in [5.41, 5.74) is -0.227. The minimum atomic E-state index is -0.611. The van der Waals surface area contributed by atoms with Crippen molar-refractivity contribution < 1.29 is 19.2 Å². The van der Waals surface area contributed by atoms with Gasteiger partial charge in [-0.3, -0.25) is 19.7 Å². The Hall–Kier alpha value is -2.24. The third kappa shape index (κ3) is 4.50. The highest BCUT2D eigenvalue weighted by molar-refractivity contribution is 6.00. The molecule has 0 fully saturated rings. The Balaban J connectivity index is 2.69. The van der Waals surface area contributed by atoms with Gasteiger partial charge in [-0.25, -0.2) is 0 Å². The summed E-state index contributed by atoms with van der Waals surface area (Å²) in [4.78, 5) is 33.3. The van der Waals surface area contributed by atoms with Crippen LogP contribution in [0.2, 0.25) is 0 Å². The molecule has 0 saturated heterocycles. The molecule has 102 valence electrons. The van der Waals surface area contributed by atoms with E-state index in [4.69, 9.17) is 4.74 Å². The monoisotopic (exact) mass is 265 g/mol. The Labute approximate surface area is 110 Å². The fourth-order valence-corrected chi connectivity index (χ4v) is 1.54. The zero-order chi connectivity index (χ0) is 14.4. The SMILES string of the molecule is CC(C)OC(=O)CCC(=O)c1ccccc1[N+](=O)[O-]. The Morgan fingerprint density at radius 2 is 1.89 bits per heavy atom. The summed E-state index contributed by atoms with van der Waals surface area (Å²) in [6.45, 7) is 3.42. The Kier molecular flexibility index (Phi) is 5.17. The lowest BCUT2D eigenvalue weighted by Gasteiger charge is -2.07. The first-order valence-corrected chi connectivity index (χ1v) is 5.88. The average Bonchev–Trinajstić information content (AvgIpc) is 2.35. The van der Waals surface area contributed by atoms with Gasteiger partial charge in [-0.2, -0.15) is 0 Å². The first-order chi connectivity index (χ1) is 8.91. The fraction of sp³-hybridized carbons (Fsp3) is 0.385. The highest BCUT2D eigenvalue weighted by Crippen LogP contribution is 2.19. The van der Waals surface area contributed by atoms with Crippen LogP contribution in [0.1, 0.15) is 37.0 Å². The van der Waals surface area contributed by atoms with Crippen molar-refractivity contribution in [3.05, 3.63) is 39.9 Å². The van der Waals surface area contributed by atoms with Crippen molar-refractivity contribution in [2.45, 2.75) is 32.8 Å². The van der Waals surface area contributed by atoms with Gasteiger partial charge in [-0.05, 0) is 19.9 Å². The summed E-state index contributed by atoms with van der Waals surface area (Å²) in [6.07, 6.45) is -0.423. The standard InChI is InChI=1S/C13H15NO5/c1-9(2)19-13(16)8-7-12(15)10-5-3-4-6-11(10)14(17)18/h3-6,9H,7-8H2,1-2H3. The van der Waals surface area contributed by atoms with Gasteiger partial charge >= 0.3 is 5.97 Å². The van der Waals surface area contributed by atoms with Gasteiger partial charge in [0.2, 0.25) is 0 Å². The van der Waals surface area contributed by atoms with Crippen LogP contribution in [-0.4, -0.2) is 22.8 Å². The van der Waals surface area contributed by atoms with E-state index in [9.17, 15) is 19.7 Å². The van der Waals surface area contributed by atoms with Crippen LogP contribution < -0.4 is 0 Å². The second-order valence-electron chi connectivity index (χ2n) is 4.24. The zero-order valence-corrected chi connectivity index (χ0v) is 10.8. The summed E-state index contributed by atoms with van der Waals surface area (Å²) in [6, 6.07) is 5.68. The highest BCUT2D eigenvalue weighted by Gasteiger charge is 2.20. The summed E-state index contributed by atoms with van der Waals surface area (Å²) in [7, 11) is 0. The molecule has 1 aromatic carbocycles. The molecule has 0 bridgehead atoms. The van der Waals surface area contributed by atoms with Crippen LogP contribution in [0.4, 0.5) is 5.69 Å². The maximum absolute atomic E-state index is 11.8. The molecule has 0 aliphatic carbocycles. The number of esters is 1. The molecule has 0 spiro atoms. The van der Waals surface area contributed by atoms with Gasteiger partial charge in [0.25, 0.3) is 5.69 Å². The lowest BCUT2D eigenvalue weighted by atomic mass is 10.0. The van der Waals surface area contributed by atoms with Gasteiger partial charge in [-0.15, -0.1) is 0 Å². The molecule has 0 aliphatic heterocycles. The van der Waals surface area contributed by atoms with E-state index in [1.54, 1.807) is 19.9 Å². The van der Waals surface area contributed by atoms with Crippen LogP contribution in [0.3, 0.4) is 0 Å². The number of carbonyl (C=O) groups is 2. The lowest BCUT2D eigenvalue weighted by molar-refractivity contribution is -0.385. The average molecular weight is 265 g/mol. The van der Waals surface area contributed by atoms with E-state index in [1.165, 1.54) is 18.2 Å². The number of benzene rings is 1. The number of hydrogen-bond acceptors (Lipinski definition) is 5. The van der Waals surface area contributed by atoms with E-state index in [1.807, 2.05) is 0 Å². The molecule has 0 heterocycles. The molecule has 0 radical (unpaired) electrons. The maximum Gasteiger partial charge on any atom is 0.306 e. The number of nitrogens with zero attached hydrogens (tertiary/aromatic N) is 1. The number of hydrogen-bond donors (Lipinski definition) is 0. The maximum atomic E-state index is 11.8. The van der Waals surface area contributed by atoms with Crippen LogP contribution in [0.5, 0.6) is 0 Å². The molecule has 6 nitrogen and oxygen atoms in total. The van der Waals surface area contributed by atoms with Gasteiger partial charge in [0.1, 0.15) is 0 Å². The second-order valence-corrected chi connectivity index (χ2v) is 4.24. The van der Waals surface area contributed by atoms with Crippen LogP contribution in [0, 0.1) is 10.1 Å². The van der Waals surface area contributed by atoms with E-state index < -0.39 is 16.7 Å². The van der Waals surface area contributed by atoms with Crippen molar-refractivity contribution in [2.75, 3.05) is 0 Å². The first kappa shape index (κ1) is 14.8. The smallest absolute Gasteiger partial charge is 0.306 e. The van der Waals surface area contributed by atoms with Gasteiger partial charge in [0.05, 0.1) is 23.0 Å². The van der Waals surface area contributed by atoms with E-state index >= 15 is 0 Å². The minimum Gasteiger partial charge on any atom is -0.463 e. The Bertz CT molecular complexity index is 496. The van der Waals surface area contributed by atoms with Gasteiger partial charge in [0, 0.05) is 12.5 Å². The number of ether oxygens (including phenoxy) is 1. The molecule has 0 saturated carbocycles. The van der Waals surface area contributed by atoms with Crippen molar-refractivity contribution in [3.63, 3.8) is 0 Å². The zero-order valence-electron chi connectivity index (χ0n) is 10.8. The number of Topliss-reactive ketones (excluding diaryl/α,β-unsaturated/α-hetero) is 1. The van der Waals surface area contributed by atoms with Crippen molar-refractivity contribution in [3.8, 4) is 0 Å². The molecule has 0 aromatic heterocycles. The van der Waals surface area contributed by atoms with Crippen molar-refractivity contribution >= 4 is 17.4 Å². The van der Waals surface area contributed by atoms with E-state index in [0.717, 1.165) is 0 Å². The molecule has 0 amide bonds. The molecule has 0 atom stereocenters. The largest absolute Gasteiger partial charge is 0.463 e. The molecule has 0 aliphatic rings. The van der Waals surface area contributed by atoms with Crippen molar-refractivity contribution in [2.24, 2.45) is 0 Å². The molecule has 0 N–H and O–H groups in total. The number of rotatable bonds is 6. The van der Waals surface area contributed by atoms with Gasteiger partial charge in [0.15, 0.2) is 5.78 Å². The number of ketones is 1. The minimum absolute atomic E-state index is 0.0184. The summed E-state index contributed by atoms with van der Waals surface area (Å²) in [5, 5.41) is 10.8. The Morgan fingerprint density at radius 1 is 1.26 bits per heavy atom. The molecular formula is C13H15NO5. The quantitative estimate of drug-likeness (QED) is 0.341. The summed E-state index contributed by atoms with van der Waals surface area (Å²) < 4.78 is 4.89. The van der Waals surface area contributed by atoms with Gasteiger partial charge < -0.3 is 4.74 Å². The van der Waals surface area contributed by atoms with Crippen molar-refractivity contribution in [1.29, 1.82) is 0 Å². The topological polar surface area (TPSA) is 86.5 Å². The molecule has 19 heavy (non-hydrogen) atoms. The van der Waals surface area contributed by atoms with E-state index in [-0.39, 0.29) is 30.2 Å². The molecule has 0 unspecified atom stereocenters. The van der Waals surface area contributed by atoms with Crippen LogP contribution in [0.15, 0.2) is 24.3 Å². The first-order valence-electron chi connectivity index (χ1n) is 5.88. The van der Waals surface area contributed by atoms with Crippen LogP contribution in [-0.2, 0) is 9.53 Å². The molecular weight excluding hydrogens is 250 g/mol. The van der Waals surface area contributed by atoms with Gasteiger partial charge in [-0.1, -0.05) is 12.1 Å². The highest BCUT2D eigenvalue weighted by atomic mass is 16.6. The third-order valence-corrected chi connectivity index (χ3v) is 2.32. The second kappa shape index (κ2) is 6.63. The normalized spacial score (nSPS) is 10.3. The summed E-state index contributed by atoms with van der Waals surface area (Å²) >= 11 is 0. The number of para-hydroxylation sites is 1. The number of nitro benzene ring substituents is 1. The van der Waals surface area contributed by atoms with Crippen molar-refractivity contribution in [1.82, 2.24) is 0 Å². The fourth-order valence-electron chi connectivity index (χ4n) is 1.54. The Morgan fingerprint density at radius 3 is 2.47 bits per heavy atom. The molecule has 6 heteroatoms.